The van der Waals surface area contributed by atoms with Crippen LogP contribution in [-0.2, 0) is 10.8 Å². The molecule has 0 saturated heterocycles. The Morgan fingerprint density at radius 3 is 1.04 bits per heavy atom. The molecule has 22 rings (SSSR count). The molecule has 6 heterocycles. The van der Waals surface area contributed by atoms with Gasteiger partial charge >= 0.3 is 0 Å². The van der Waals surface area contributed by atoms with Crippen molar-refractivity contribution in [1.29, 1.82) is 0 Å². The second kappa shape index (κ2) is 22.4. The van der Waals surface area contributed by atoms with Gasteiger partial charge in [0.1, 0.15) is 0 Å². The van der Waals surface area contributed by atoms with Gasteiger partial charge in [-0.05, 0) is 145 Å². The van der Waals surface area contributed by atoms with Gasteiger partial charge in [0.2, 0.25) is 0 Å². The van der Waals surface area contributed by atoms with Gasteiger partial charge in [-0.2, -0.15) is 0 Å². The Kier molecular flexibility index (Phi) is 12.7. The molecule has 10 heteroatoms. The standard InChI is InChI=1S/C92H52N6S4/c1-3-19-55(20-4-1)85-93-87(97-89(95-85)59-44-48-74-64(51-59)84-80(100-74)50-46-70-81(84)61-23-7-9-25-65(61)91(70)66-26-10-15-31-75(66)101-76-32-16-11-27-67(76)91)57-39-35-53(36-40-57)54-37-41-58(42-38-54)88-94-86(56-21-5-2-6-22-56)96-90(98-88)60-43-45-62-72(52-60)92(68-28-12-17-33-77(68)102-78-34-18-13-29-69(78)92)71-47-49-79-83(82(62)71)63-24-8-14-30-73(63)99-79/h1-52H. The van der Waals surface area contributed by atoms with Gasteiger partial charge in [-0.3, -0.25) is 0 Å². The van der Waals surface area contributed by atoms with Crippen LogP contribution in [0.1, 0.15) is 44.5 Å². The minimum absolute atomic E-state index is 0.471. The van der Waals surface area contributed by atoms with Crippen LogP contribution in [0.4, 0.5) is 0 Å². The highest BCUT2D eigenvalue weighted by Crippen LogP contribution is 2.66. The van der Waals surface area contributed by atoms with E-state index in [0.717, 1.165) is 44.5 Å². The van der Waals surface area contributed by atoms with E-state index < -0.39 is 10.8 Å². The number of aromatic nitrogens is 6. The molecular formula is C92H52N6S4. The van der Waals surface area contributed by atoms with Crippen LogP contribution in [0.5, 0.6) is 0 Å². The molecule has 0 saturated carbocycles. The zero-order valence-electron chi connectivity index (χ0n) is 54.3. The van der Waals surface area contributed by atoms with Gasteiger partial charge in [-0.1, -0.05) is 272 Å². The van der Waals surface area contributed by atoms with Gasteiger partial charge in [0.05, 0.1) is 10.8 Å². The van der Waals surface area contributed by atoms with Crippen molar-refractivity contribution in [3.05, 3.63) is 360 Å². The van der Waals surface area contributed by atoms with Crippen molar-refractivity contribution >= 4 is 86.5 Å². The highest BCUT2D eigenvalue weighted by atomic mass is 32.2. The Hall–Kier alpha value is -11.8. The van der Waals surface area contributed by atoms with Crippen molar-refractivity contribution in [2.24, 2.45) is 0 Å². The fourth-order valence-corrected chi connectivity index (χ4v) is 21.6. The summed E-state index contributed by atoms with van der Waals surface area (Å²) < 4.78 is 5.06. The van der Waals surface area contributed by atoms with Crippen molar-refractivity contribution in [1.82, 2.24) is 29.9 Å². The van der Waals surface area contributed by atoms with Crippen LogP contribution < -0.4 is 0 Å². The number of thiophene rings is 2. The van der Waals surface area contributed by atoms with Crippen LogP contribution in [0.15, 0.2) is 335 Å². The number of hydrogen-bond acceptors (Lipinski definition) is 10. The number of nitrogens with zero attached hydrogens (tertiary/aromatic N) is 6. The largest absolute Gasteiger partial charge is 0.208 e. The third-order valence-corrected chi connectivity index (χ3v) is 25.9. The fraction of sp³-hybridized carbons (Fsp3) is 0.0217. The first kappa shape index (κ1) is 58.1. The van der Waals surface area contributed by atoms with E-state index in [1.807, 2.05) is 82.6 Å². The summed E-state index contributed by atoms with van der Waals surface area (Å²) in [5.41, 5.74) is 22.0. The van der Waals surface area contributed by atoms with Crippen molar-refractivity contribution in [3.8, 4) is 102 Å². The predicted octanol–water partition coefficient (Wildman–Crippen LogP) is 24.1. The van der Waals surface area contributed by atoms with Gasteiger partial charge in [-0.15, -0.1) is 22.7 Å². The maximum atomic E-state index is 5.42. The van der Waals surface area contributed by atoms with Crippen molar-refractivity contribution in [2.75, 3.05) is 0 Å². The fourth-order valence-electron chi connectivity index (χ4n) is 17.0. The van der Waals surface area contributed by atoms with Crippen LogP contribution >= 0.6 is 46.2 Å². The summed E-state index contributed by atoms with van der Waals surface area (Å²) in [5, 5.41) is 5.06. The third-order valence-electron chi connectivity index (χ3n) is 21.4. The molecular weight excluding hydrogens is 1320 g/mol. The lowest BCUT2D eigenvalue weighted by molar-refractivity contribution is 0.723. The minimum Gasteiger partial charge on any atom is -0.208 e. The quantitative estimate of drug-likeness (QED) is 0.156. The number of fused-ring (bicyclic) bond motifs is 26. The summed E-state index contributed by atoms with van der Waals surface area (Å²) >= 11 is 7.45. The normalized spacial score (nSPS) is 13.8. The first-order valence-corrected chi connectivity index (χ1v) is 37.6. The topological polar surface area (TPSA) is 77.3 Å². The molecule has 6 nitrogen and oxygen atoms in total. The lowest BCUT2D eigenvalue weighted by atomic mass is 9.67. The molecule has 102 heavy (non-hydrogen) atoms. The van der Waals surface area contributed by atoms with Crippen LogP contribution in [0.2, 0.25) is 0 Å². The van der Waals surface area contributed by atoms with E-state index in [0.29, 0.717) is 34.9 Å². The van der Waals surface area contributed by atoms with Crippen LogP contribution in [0.25, 0.3) is 142 Å². The summed E-state index contributed by atoms with van der Waals surface area (Å²) in [4.78, 5) is 37.0. The van der Waals surface area contributed by atoms with E-state index in [2.05, 4.69) is 279 Å². The minimum atomic E-state index is -0.601. The van der Waals surface area contributed by atoms with Gasteiger partial charge in [0.25, 0.3) is 0 Å². The van der Waals surface area contributed by atoms with E-state index >= 15 is 0 Å². The van der Waals surface area contributed by atoms with Gasteiger partial charge < -0.3 is 0 Å². The summed E-state index contributed by atoms with van der Waals surface area (Å²) in [6.45, 7) is 0. The molecule has 0 bridgehead atoms. The van der Waals surface area contributed by atoms with E-state index in [-0.39, 0.29) is 0 Å². The van der Waals surface area contributed by atoms with Crippen LogP contribution in [0.3, 0.4) is 0 Å². The van der Waals surface area contributed by atoms with Gasteiger partial charge in [0.15, 0.2) is 34.9 Å². The Balaban J connectivity index is 0.632. The Morgan fingerprint density at radius 2 is 0.539 bits per heavy atom. The zero-order chi connectivity index (χ0) is 66.8. The first-order chi connectivity index (χ1) is 50.5. The predicted molar refractivity (Wildman–Crippen MR) is 420 cm³/mol. The Labute approximate surface area is 603 Å². The highest BCUT2D eigenvalue weighted by molar-refractivity contribution is 7.99. The Bertz CT molecular complexity index is 6490. The molecule has 4 aliphatic rings. The molecule has 2 aliphatic carbocycles. The average Bonchev–Trinajstić information content (AvgIpc) is 1.47. The van der Waals surface area contributed by atoms with Crippen molar-refractivity contribution in [3.63, 3.8) is 0 Å². The smallest absolute Gasteiger partial charge is 0.164 e. The molecule has 0 unspecified atom stereocenters. The van der Waals surface area contributed by atoms with Crippen LogP contribution in [0, 0.1) is 0 Å². The molecule has 0 amide bonds. The number of hydrogen-bond donors (Lipinski definition) is 0. The highest BCUT2D eigenvalue weighted by Gasteiger charge is 2.53. The van der Waals surface area contributed by atoms with E-state index in [1.54, 1.807) is 0 Å². The second-order valence-corrected chi connectivity index (χ2v) is 31.0. The van der Waals surface area contributed by atoms with E-state index in [4.69, 9.17) is 29.9 Å². The number of benzene rings is 14. The first-order valence-electron chi connectivity index (χ1n) is 34.3. The van der Waals surface area contributed by atoms with Crippen molar-refractivity contribution < 1.29 is 0 Å². The lowest BCUT2D eigenvalue weighted by Crippen LogP contribution is -2.32. The molecule has 2 spiro atoms. The molecule has 0 fully saturated rings. The summed E-state index contributed by atoms with van der Waals surface area (Å²) in [6, 6.07) is 115. The van der Waals surface area contributed by atoms with Crippen molar-refractivity contribution in [2.45, 2.75) is 30.4 Å². The summed E-state index contributed by atoms with van der Waals surface area (Å²) in [6.07, 6.45) is 0. The molecule has 0 N–H and O–H groups in total. The molecule has 0 atom stereocenters. The Morgan fingerprint density at radius 1 is 0.206 bits per heavy atom. The summed E-state index contributed by atoms with van der Waals surface area (Å²) in [7, 11) is 0. The maximum absolute atomic E-state index is 5.42. The number of rotatable bonds is 7. The molecule has 14 aromatic carbocycles. The SMILES string of the molecule is c1ccc(-c2nc(-c3ccc(-c4ccc(-c5nc(-c6ccccc6)nc(-c6ccc7sc8ccc9c(c8c7c6)-c6ccccc6C96c7ccccc7Sc7ccccc76)n5)cc4)cc3)nc(-c3ccc4c(c3)C3(c5ccccc5Sc5ccccc53)c3ccc5sc6ccccc6c5c3-4)n2)cc1. The molecule has 2 aliphatic heterocycles. The molecule has 18 aromatic rings. The molecule has 474 valence electrons. The average molecular weight is 1370 g/mol. The van der Waals surface area contributed by atoms with Crippen LogP contribution in [-0.4, -0.2) is 29.9 Å². The van der Waals surface area contributed by atoms with E-state index in [1.165, 1.54) is 127 Å². The van der Waals surface area contributed by atoms with Gasteiger partial charge in [0, 0.05) is 93.3 Å². The van der Waals surface area contributed by atoms with E-state index in [9.17, 15) is 0 Å². The third kappa shape index (κ3) is 8.43. The zero-order valence-corrected chi connectivity index (χ0v) is 57.6. The molecule has 4 aromatic heterocycles. The van der Waals surface area contributed by atoms with Gasteiger partial charge in [-0.25, -0.2) is 29.9 Å². The second-order valence-electron chi connectivity index (χ2n) is 26.6. The lowest BCUT2D eigenvalue weighted by Gasteiger charge is -2.39. The monoisotopic (exact) mass is 1370 g/mol. The summed E-state index contributed by atoms with van der Waals surface area (Å²) in [5.74, 6) is 3.66. The maximum Gasteiger partial charge on any atom is 0.164 e. The molecule has 0 radical (unpaired) electrons.